The zero-order chi connectivity index (χ0) is 27.4. The molecule has 12 nitrogen and oxygen atoms in total. The molecule has 1 rings (SSSR count). The van der Waals surface area contributed by atoms with Gasteiger partial charge in [0.15, 0.2) is 0 Å². The van der Waals surface area contributed by atoms with E-state index in [9.17, 15) is 34.2 Å². The van der Waals surface area contributed by atoms with Gasteiger partial charge in [-0.2, -0.15) is 12.6 Å². The minimum Gasteiger partial charge on any atom is -0.508 e. The number of benzene rings is 1. The standard InChI is InChI=1S/C23H35N5O7S/c1-12(2)9-17(23(34)35)27-21(32)16(10-13-3-5-14(29)6-4-13)26-22(33)18(11-36)28-20(31)15(24)7-8-19(25)30/h3-6,12,15-18,29,36H,7-11,24H2,1-2H3,(H2,25,30)(H,26,33)(H,27,32)(H,28,31)(H,34,35). The largest absolute Gasteiger partial charge is 0.508 e. The van der Waals surface area contributed by atoms with Crippen molar-refractivity contribution in [2.45, 2.75) is 63.7 Å². The lowest BCUT2D eigenvalue weighted by atomic mass is 10.0. The van der Waals surface area contributed by atoms with Gasteiger partial charge in [0.1, 0.15) is 23.9 Å². The number of hydrogen-bond acceptors (Lipinski definition) is 8. The Bertz CT molecular complexity index is 926. The highest BCUT2D eigenvalue weighted by molar-refractivity contribution is 7.80. The molecule has 0 aromatic heterocycles. The minimum atomic E-state index is -1.21. The molecule has 0 saturated carbocycles. The predicted molar refractivity (Wildman–Crippen MR) is 135 cm³/mol. The summed E-state index contributed by atoms with van der Waals surface area (Å²) in [6.45, 7) is 3.62. The number of amides is 4. The normalized spacial score (nSPS) is 14.2. The Balaban J connectivity index is 3.02. The number of primary amides is 1. The van der Waals surface area contributed by atoms with E-state index < -0.39 is 53.8 Å². The van der Waals surface area contributed by atoms with Gasteiger partial charge in [-0.15, -0.1) is 0 Å². The highest BCUT2D eigenvalue weighted by atomic mass is 32.1. The van der Waals surface area contributed by atoms with E-state index in [1.165, 1.54) is 12.1 Å². The number of rotatable bonds is 15. The average molecular weight is 526 g/mol. The molecule has 200 valence electrons. The fourth-order valence-corrected chi connectivity index (χ4v) is 3.47. The van der Waals surface area contributed by atoms with Crippen LogP contribution in [0.4, 0.5) is 0 Å². The van der Waals surface area contributed by atoms with Crippen molar-refractivity contribution in [2.24, 2.45) is 17.4 Å². The van der Waals surface area contributed by atoms with Gasteiger partial charge in [-0.25, -0.2) is 4.79 Å². The molecule has 4 atom stereocenters. The molecule has 4 amide bonds. The highest BCUT2D eigenvalue weighted by Gasteiger charge is 2.30. The topological polar surface area (TPSA) is 214 Å². The molecule has 0 bridgehead atoms. The number of aliphatic carboxylic acids is 1. The van der Waals surface area contributed by atoms with Gasteiger partial charge in [0.05, 0.1) is 6.04 Å². The van der Waals surface area contributed by atoms with E-state index in [1.807, 2.05) is 13.8 Å². The van der Waals surface area contributed by atoms with Crippen molar-refractivity contribution in [1.82, 2.24) is 16.0 Å². The van der Waals surface area contributed by atoms with Gasteiger partial charge in [-0.3, -0.25) is 19.2 Å². The van der Waals surface area contributed by atoms with E-state index in [0.717, 1.165) is 0 Å². The molecule has 0 aliphatic carbocycles. The number of aromatic hydroxyl groups is 1. The molecule has 36 heavy (non-hydrogen) atoms. The zero-order valence-electron chi connectivity index (χ0n) is 20.3. The van der Waals surface area contributed by atoms with Crippen LogP contribution in [0.1, 0.15) is 38.7 Å². The maximum Gasteiger partial charge on any atom is 0.326 e. The molecule has 0 fully saturated rings. The highest BCUT2D eigenvalue weighted by Crippen LogP contribution is 2.12. The number of carboxylic acid groups (broad SMARTS) is 1. The number of phenols is 1. The van der Waals surface area contributed by atoms with Crippen LogP contribution >= 0.6 is 12.6 Å². The monoisotopic (exact) mass is 525 g/mol. The first-order valence-corrected chi connectivity index (χ1v) is 12.0. The first-order chi connectivity index (χ1) is 16.8. The summed E-state index contributed by atoms with van der Waals surface area (Å²) in [5, 5.41) is 26.4. The number of hydrogen-bond donors (Lipinski definition) is 8. The second-order valence-corrected chi connectivity index (χ2v) is 9.18. The van der Waals surface area contributed by atoms with Gasteiger partial charge in [0, 0.05) is 18.6 Å². The number of nitrogens with two attached hydrogens (primary N) is 2. The smallest absolute Gasteiger partial charge is 0.326 e. The van der Waals surface area contributed by atoms with Gasteiger partial charge in [0.2, 0.25) is 23.6 Å². The van der Waals surface area contributed by atoms with Crippen LogP contribution in [-0.2, 0) is 30.4 Å². The maximum atomic E-state index is 13.0. The summed E-state index contributed by atoms with van der Waals surface area (Å²) in [4.78, 5) is 60.8. The maximum absolute atomic E-state index is 13.0. The number of thiol groups is 1. The molecular formula is C23H35N5O7S. The summed E-state index contributed by atoms with van der Waals surface area (Å²) in [5.41, 5.74) is 11.4. The van der Waals surface area contributed by atoms with Crippen LogP contribution in [0.15, 0.2) is 24.3 Å². The first-order valence-electron chi connectivity index (χ1n) is 11.4. The SMILES string of the molecule is CC(C)CC(NC(=O)C(Cc1ccc(O)cc1)NC(=O)C(CS)NC(=O)C(N)CCC(N)=O)C(=O)O. The number of carbonyl (C=O) groups excluding carboxylic acids is 4. The van der Waals surface area contributed by atoms with Gasteiger partial charge >= 0.3 is 5.97 Å². The predicted octanol–water partition coefficient (Wildman–Crippen LogP) is -0.958. The molecule has 13 heteroatoms. The molecule has 4 unspecified atom stereocenters. The molecule has 0 heterocycles. The third-order valence-corrected chi connectivity index (χ3v) is 5.55. The van der Waals surface area contributed by atoms with E-state index >= 15 is 0 Å². The van der Waals surface area contributed by atoms with Crippen molar-refractivity contribution in [3.8, 4) is 5.75 Å². The van der Waals surface area contributed by atoms with Crippen LogP contribution in [0.2, 0.25) is 0 Å². The fraction of sp³-hybridized carbons (Fsp3) is 0.522. The number of carbonyl (C=O) groups is 5. The van der Waals surface area contributed by atoms with Crippen LogP contribution in [0.5, 0.6) is 5.75 Å². The van der Waals surface area contributed by atoms with Gasteiger partial charge in [-0.1, -0.05) is 26.0 Å². The number of phenolic OH excluding ortho intramolecular Hbond substituents is 1. The average Bonchev–Trinajstić information content (AvgIpc) is 2.80. The summed E-state index contributed by atoms with van der Waals surface area (Å²) < 4.78 is 0. The lowest BCUT2D eigenvalue weighted by Gasteiger charge is -2.25. The Morgan fingerprint density at radius 1 is 0.917 bits per heavy atom. The van der Waals surface area contributed by atoms with Crippen molar-refractivity contribution < 1.29 is 34.2 Å². The Labute approximate surface area is 215 Å². The molecule has 0 spiro atoms. The minimum absolute atomic E-state index is 0.0113. The van der Waals surface area contributed by atoms with Crippen LogP contribution in [0.25, 0.3) is 0 Å². The van der Waals surface area contributed by atoms with E-state index in [0.29, 0.717) is 5.56 Å². The van der Waals surface area contributed by atoms with Gasteiger partial charge in [0.25, 0.3) is 0 Å². The second-order valence-electron chi connectivity index (χ2n) is 8.82. The molecule has 0 radical (unpaired) electrons. The molecule has 0 aliphatic heterocycles. The molecular weight excluding hydrogens is 490 g/mol. The van der Waals surface area contributed by atoms with Crippen LogP contribution in [0.3, 0.4) is 0 Å². The molecule has 0 aliphatic rings. The van der Waals surface area contributed by atoms with Crippen molar-refractivity contribution in [3.05, 3.63) is 29.8 Å². The van der Waals surface area contributed by atoms with Crippen LogP contribution in [-0.4, -0.2) is 69.7 Å². The molecule has 9 N–H and O–H groups in total. The van der Waals surface area contributed by atoms with Crippen molar-refractivity contribution in [2.75, 3.05) is 5.75 Å². The Kier molecular flexibility index (Phi) is 12.7. The molecule has 0 saturated heterocycles. The summed E-state index contributed by atoms with van der Waals surface area (Å²) in [6.07, 6.45) is 0.0411. The zero-order valence-corrected chi connectivity index (χ0v) is 21.2. The number of nitrogens with one attached hydrogen (secondary N) is 3. The Morgan fingerprint density at radius 2 is 1.44 bits per heavy atom. The van der Waals surface area contributed by atoms with E-state index in [-0.39, 0.29) is 43.1 Å². The lowest BCUT2D eigenvalue weighted by Crippen LogP contribution is -2.58. The van der Waals surface area contributed by atoms with E-state index in [2.05, 4.69) is 28.6 Å². The summed E-state index contributed by atoms with van der Waals surface area (Å²) in [7, 11) is 0. The van der Waals surface area contributed by atoms with Crippen LogP contribution < -0.4 is 27.4 Å². The third-order valence-electron chi connectivity index (χ3n) is 5.18. The molecule has 1 aromatic rings. The summed E-state index contributed by atoms with van der Waals surface area (Å²) in [6, 6.07) is 1.32. The van der Waals surface area contributed by atoms with Crippen LogP contribution in [0, 0.1) is 5.92 Å². The first kappa shape index (κ1) is 30.7. The summed E-state index contributed by atoms with van der Waals surface area (Å²) >= 11 is 4.09. The van der Waals surface area contributed by atoms with Gasteiger partial charge in [-0.05, 0) is 36.5 Å². The van der Waals surface area contributed by atoms with Crippen molar-refractivity contribution in [3.63, 3.8) is 0 Å². The lowest BCUT2D eigenvalue weighted by molar-refractivity contribution is -0.142. The fourth-order valence-electron chi connectivity index (χ4n) is 3.22. The quantitative estimate of drug-likeness (QED) is 0.133. The Hall–Kier alpha value is -3.32. The van der Waals surface area contributed by atoms with E-state index in [4.69, 9.17) is 11.5 Å². The second kappa shape index (κ2) is 14.9. The van der Waals surface area contributed by atoms with E-state index in [1.54, 1.807) is 12.1 Å². The van der Waals surface area contributed by atoms with Crippen molar-refractivity contribution in [1.29, 1.82) is 0 Å². The van der Waals surface area contributed by atoms with Gasteiger partial charge < -0.3 is 37.6 Å². The Morgan fingerprint density at radius 3 is 1.94 bits per heavy atom. The number of carboxylic acids is 1. The third kappa shape index (κ3) is 11.0. The summed E-state index contributed by atoms with van der Waals surface area (Å²) in [5.74, 6) is -4.14. The molecule has 1 aromatic carbocycles. The van der Waals surface area contributed by atoms with Crippen molar-refractivity contribution >= 4 is 42.2 Å².